The van der Waals surface area contributed by atoms with E-state index in [0.717, 1.165) is 60.4 Å². The summed E-state index contributed by atoms with van der Waals surface area (Å²) in [5.74, 6) is -1.39. The van der Waals surface area contributed by atoms with E-state index < -0.39 is 34.3 Å². The van der Waals surface area contributed by atoms with Crippen LogP contribution < -0.4 is 9.62 Å². The van der Waals surface area contributed by atoms with E-state index in [2.05, 4.69) is 5.32 Å². The third-order valence-electron chi connectivity index (χ3n) is 7.26. The topological polar surface area (TPSA) is 86.8 Å². The smallest absolute Gasteiger partial charge is 0.244 e. The molecular weight excluding hydrogens is 565 g/mol. The van der Waals surface area contributed by atoms with Crippen molar-refractivity contribution in [2.75, 3.05) is 17.1 Å². The zero-order valence-corrected chi connectivity index (χ0v) is 24.6. The molecule has 0 aromatic heterocycles. The number of rotatable bonds is 11. The number of benzene rings is 3. The molecule has 4 rings (SSSR count). The summed E-state index contributed by atoms with van der Waals surface area (Å²) >= 11 is 6.24. The van der Waals surface area contributed by atoms with E-state index in [9.17, 15) is 22.4 Å². The van der Waals surface area contributed by atoms with Gasteiger partial charge in [0, 0.05) is 24.0 Å². The van der Waals surface area contributed by atoms with Crippen LogP contribution in [0.5, 0.6) is 0 Å². The van der Waals surface area contributed by atoms with Crippen LogP contribution in [-0.4, -0.2) is 50.0 Å². The molecule has 1 N–H and O–H groups in total. The molecule has 7 nitrogen and oxygen atoms in total. The molecule has 0 saturated heterocycles. The standard InChI is InChI=1S/C31H35ClFN3O4S/c1-41(39,40)36(28-17-15-26(33)16-18-28)22-30(37)35(21-24-11-8-12-25(32)19-24)29(20-23-9-4-2-5-10-23)31(38)34-27-13-6-3-7-14-27/h2,4-5,8-12,15-19,27,29H,3,6-7,13-14,20-22H2,1H3,(H,34,38)/t29-/m1/s1. The monoisotopic (exact) mass is 599 g/mol. The predicted octanol–water partition coefficient (Wildman–Crippen LogP) is 5.33. The van der Waals surface area contributed by atoms with Crippen LogP contribution >= 0.6 is 11.6 Å². The normalized spacial score (nSPS) is 14.7. The Balaban J connectivity index is 1.71. The van der Waals surface area contributed by atoms with Gasteiger partial charge in [0.15, 0.2) is 0 Å². The van der Waals surface area contributed by atoms with Gasteiger partial charge in [-0.3, -0.25) is 13.9 Å². The van der Waals surface area contributed by atoms with Crippen molar-refractivity contribution in [1.82, 2.24) is 10.2 Å². The number of nitrogens with zero attached hydrogens (tertiary/aromatic N) is 2. The highest BCUT2D eigenvalue weighted by atomic mass is 35.5. The van der Waals surface area contributed by atoms with Crippen molar-refractivity contribution in [3.05, 3.63) is 101 Å². The number of carbonyl (C=O) groups is 2. The fraction of sp³-hybridized carbons (Fsp3) is 0.355. The van der Waals surface area contributed by atoms with Crippen LogP contribution in [0.4, 0.5) is 10.1 Å². The van der Waals surface area contributed by atoms with Gasteiger partial charge in [-0.05, 0) is 60.4 Å². The number of carbonyl (C=O) groups excluding carboxylic acids is 2. The molecular formula is C31H35ClFN3O4S. The van der Waals surface area contributed by atoms with Gasteiger partial charge in [0.2, 0.25) is 21.8 Å². The van der Waals surface area contributed by atoms with Crippen molar-refractivity contribution in [3.8, 4) is 0 Å². The summed E-state index contributed by atoms with van der Waals surface area (Å²) in [6.45, 7) is -0.525. The van der Waals surface area contributed by atoms with Crippen LogP contribution in [0, 0.1) is 5.82 Å². The van der Waals surface area contributed by atoms with E-state index in [1.807, 2.05) is 30.3 Å². The fourth-order valence-corrected chi connectivity index (χ4v) is 6.21. The largest absolute Gasteiger partial charge is 0.352 e. The molecule has 41 heavy (non-hydrogen) atoms. The lowest BCUT2D eigenvalue weighted by Gasteiger charge is -2.35. The van der Waals surface area contributed by atoms with Crippen molar-refractivity contribution < 1.29 is 22.4 Å². The SMILES string of the molecule is CS(=O)(=O)N(CC(=O)N(Cc1cccc(Cl)c1)[C@H](Cc1ccccc1)C(=O)NC1CCCCC1)c1ccc(F)cc1. The summed E-state index contributed by atoms with van der Waals surface area (Å²) in [5.41, 5.74) is 1.71. The maximum absolute atomic E-state index is 14.1. The van der Waals surface area contributed by atoms with E-state index >= 15 is 0 Å². The molecule has 1 saturated carbocycles. The first-order valence-electron chi connectivity index (χ1n) is 13.7. The quantitative estimate of drug-likeness (QED) is 0.323. The number of halogens is 2. The Morgan fingerprint density at radius 1 is 0.951 bits per heavy atom. The summed E-state index contributed by atoms with van der Waals surface area (Å²) < 4.78 is 40.1. The minimum Gasteiger partial charge on any atom is -0.352 e. The van der Waals surface area contributed by atoms with Gasteiger partial charge in [0.1, 0.15) is 18.4 Å². The van der Waals surface area contributed by atoms with Gasteiger partial charge in [-0.15, -0.1) is 0 Å². The van der Waals surface area contributed by atoms with Crippen LogP contribution in [0.1, 0.15) is 43.2 Å². The first-order chi connectivity index (χ1) is 19.6. The van der Waals surface area contributed by atoms with Crippen molar-refractivity contribution >= 4 is 39.1 Å². The Morgan fingerprint density at radius 3 is 2.24 bits per heavy atom. The highest BCUT2D eigenvalue weighted by molar-refractivity contribution is 7.92. The summed E-state index contributed by atoms with van der Waals surface area (Å²) in [5, 5.41) is 3.64. The molecule has 10 heteroatoms. The summed E-state index contributed by atoms with van der Waals surface area (Å²) in [6.07, 6.45) is 6.16. The van der Waals surface area contributed by atoms with Gasteiger partial charge in [-0.1, -0.05) is 73.3 Å². The maximum Gasteiger partial charge on any atom is 0.244 e. The minimum absolute atomic E-state index is 0.0179. The number of hydrogen-bond acceptors (Lipinski definition) is 4. The van der Waals surface area contributed by atoms with Crippen LogP contribution in [0.15, 0.2) is 78.9 Å². The van der Waals surface area contributed by atoms with E-state index in [1.165, 1.54) is 17.0 Å². The Morgan fingerprint density at radius 2 is 1.61 bits per heavy atom. The molecule has 0 radical (unpaired) electrons. The van der Waals surface area contributed by atoms with Gasteiger partial charge >= 0.3 is 0 Å². The van der Waals surface area contributed by atoms with Gasteiger partial charge in [0.05, 0.1) is 11.9 Å². The Bertz CT molecular complexity index is 1430. The van der Waals surface area contributed by atoms with E-state index in [1.54, 1.807) is 24.3 Å². The maximum atomic E-state index is 14.1. The Kier molecular flexibility index (Phi) is 10.4. The van der Waals surface area contributed by atoms with Crippen molar-refractivity contribution in [3.63, 3.8) is 0 Å². The van der Waals surface area contributed by atoms with E-state index in [4.69, 9.17) is 11.6 Å². The second-order valence-corrected chi connectivity index (χ2v) is 12.8. The molecule has 0 heterocycles. The lowest BCUT2D eigenvalue weighted by atomic mass is 9.94. The molecule has 3 aromatic carbocycles. The van der Waals surface area contributed by atoms with Crippen LogP contribution in [0.3, 0.4) is 0 Å². The number of hydrogen-bond donors (Lipinski definition) is 1. The van der Waals surface area contributed by atoms with Gasteiger partial charge < -0.3 is 10.2 Å². The first-order valence-corrected chi connectivity index (χ1v) is 15.9. The molecule has 1 atom stereocenters. The Hall–Kier alpha value is -3.43. The molecule has 0 unspecified atom stereocenters. The molecule has 3 aromatic rings. The average Bonchev–Trinajstić information content (AvgIpc) is 2.94. The lowest BCUT2D eigenvalue weighted by molar-refractivity contribution is -0.140. The fourth-order valence-electron chi connectivity index (χ4n) is 5.15. The van der Waals surface area contributed by atoms with Gasteiger partial charge in [-0.25, -0.2) is 12.8 Å². The van der Waals surface area contributed by atoms with Gasteiger partial charge in [0.25, 0.3) is 0 Å². The van der Waals surface area contributed by atoms with Crippen molar-refractivity contribution in [1.29, 1.82) is 0 Å². The first kappa shape index (κ1) is 30.5. The van der Waals surface area contributed by atoms with Crippen molar-refractivity contribution in [2.45, 2.75) is 57.2 Å². The molecule has 1 aliphatic carbocycles. The third-order valence-corrected chi connectivity index (χ3v) is 8.63. The molecule has 218 valence electrons. The predicted molar refractivity (Wildman–Crippen MR) is 160 cm³/mol. The summed E-state index contributed by atoms with van der Waals surface area (Å²) in [7, 11) is -3.92. The highest BCUT2D eigenvalue weighted by Gasteiger charge is 2.34. The van der Waals surface area contributed by atoms with Crippen LogP contribution in [-0.2, 0) is 32.6 Å². The summed E-state index contributed by atoms with van der Waals surface area (Å²) in [4.78, 5) is 29.4. The van der Waals surface area contributed by atoms with Gasteiger partial charge in [-0.2, -0.15) is 0 Å². The van der Waals surface area contributed by atoms with Crippen molar-refractivity contribution in [2.24, 2.45) is 0 Å². The molecule has 0 bridgehead atoms. The third kappa shape index (κ3) is 8.78. The number of amides is 2. The molecule has 1 aliphatic rings. The second kappa shape index (κ2) is 14.0. The number of anilines is 1. The minimum atomic E-state index is -3.92. The second-order valence-electron chi connectivity index (χ2n) is 10.4. The van der Waals surface area contributed by atoms with E-state index in [-0.39, 0.29) is 30.6 Å². The highest BCUT2D eigenvalue weighted by Crippen LogP contribution is 2.23. The Labute approximate surface area is 246 Å². The average molecular weight is 600 g/mol. The zero-order valence-electron chi connectivity index (χ0n) is 23.0. The van der Waals surface area contributed by atoms with E-state index in [0.29, 0.717) is 10.6 Å². The number of nitrogens with one attached hydrogen (secondary N) is 1. The number of sulfonamides is 1. The molecule has 2 amide bonds. The zero-order chi connectivity index (χ0) is 29.4. The lowest BCUT2D eigenvalue weighted by Crippen LogP contribution is -2.55. The van der Waals surface area contributed by atoms with Crippen LogP contribution in [0.2, 0.25) is 5.02 Å². The molecule has 0 spiro atoms. The molecule has 1 fully saturated rings. The molecule has 0 aliphatic heterocycles. The van der Waals surface area contributed by atoms with Crippen LogP contribution in [0.25, 0.3) is 0 Å². The summed E-state index contributed by atoms with van der Waals surface area (Å²) in [6, 6.07) is 20.4.